The molecule has 3 aliphatic rings. The summed E-state index contributed by atoms with van der Waals surface area (Å²) >= 11 is 0. The fourth-order valence-electron chi connectivity index (χ4n) is 3.17. The van der Waals surface area contributed by atoms with E-state index in [0.717, 1.165) is 11.8 Å². The van der Waals surface area contributed by atoms with E-state index in [4.69, 9.17) is 4.84 Å². The van der Waals surface area contributed by atoms with E-state index in [1.54, 1.807) is 0 Å². The van der Waals surface area contributed by atoms with Crippen molar-refractivity contribution in [3.8, 4) is 0 Å². The van der Waals surface area contributed by atoms with Gasteiger partial charge in [0.1, 0.15) is 6.10 Å². The summed E-state index contributed by atoms with van der Waals surface area (Å²) in [5, 5.41) is 4.08. The standard InChI is InChI=1S/C9H13NO/c1-5-8-6-2-3-7(4-6)9(8)11-10-5/h6-9H,2-4H2,1H3/t6-,7+,8?,9?/m0/s1. The van der Waals surface area contributed by atoms with Gasteiger partial charge in [-0.15, -0.1) is 0 Å². The molecule has 2 saturated carbocycles. The maximum atomic E-state index is 5.41. The molecule has 60 valence electrons. The summed E-state index contributed by atoms with van der Waals surface area (Å²) in [4.78, 5) is 5.41. The van der Waals surface area contributed by atoms with Crippen molar-refractivity contribution < 1.29 is 4.84 Å². The van der Waals surface area contributed by atoms with Crippen molar-refractivity contribution in [1.82, 2.24) is 0 Å². The van der Waals surface area contributed by atoms with E-state index in [2.05, 4.69) is 12.1 Å². The molecule has 11 heavy (non-hydrogen) atoms. The molecule has 1 aliphatic heterocycles. The van der Waals surface area contributed by atoms with Crippen LogP contribution >= 0.6 is 0 Å². The van der Waals surface area contributed by atoms with E-state index < -0.39 is 0 Å². The molecule has 0 spiro atoms. The van der Waals surface area contributed by atoms with Crippen molar-refractivity contribution >= 4 is 5.71 Å². The Kier molecular flexibility index (Phi) is 0.984. The minimum Gasteiger partial charge on any atom is -0.392 e. The zero-order valence-corrected chi connectivity index (χ0v) is 6.79. The van der Waals surface area contributed by atoms with Gasteiger partial charge in [0.15, 0.2) is 0 Å². The fourth-order valence-corrected chi connectivity index (χ4v) is 3.17. The van der Waals surface area contributed by atoms with Crippen molar-refractivity contribution in [1.29, 1.82) is 0 Å². The Hall–Kier alpha value is -0.530. The molecule has 0 N–H and O–H groups in total. The first-order chi connectivity index (χ1) is 5.36. The molecule has 0 aromatic carbocycles. The summed E-state index contributed by atoms with van der Waals surface area (Å²) in [5.74, 6) is 2.45. The molecule has 2 fully saturated rings. The second-order valence-corrected chi connectivity index (χ2v) is 4.16. The largest absolute Gasteiger partial charge is 0.392 e. The molecule has 2 aliphatic carbocycles. The minimum absolute atomic E-state index is 0.480. The Balaban J connectivity index is 1.96. The van der Waals surface area contributed by atoms with E-state index in [0.29, 0.717) is 12.0 Å². The first kappa shape index (κ1) is 6.04. The molecule has 3 rings (SSSR count). The molecular weight excluding hydrogens is 138 g/mol. The lowest BCUT2D eigenvalue weighted by Gasteiger charge is -2.21. The Bertz CT molecular complexity index is 224. The summed E-state index contributed by atoms with van der Waals surface area (Å²) in [6.45, 7) is 2.12. The smallest absolute Gasteiger partial charge is 0.138 e. The quantitative estimate of drug-likeness (QED) is 0.517. The van der Waals surface area contributed by atoms with Crippen LogP contribution in [0.1, 0.15) is 26.2 Å². The van der Waals surface area contributed by atoms with Crippen LogP contribution in [0.2, 0.25) is 0 Å². The van der Waals surface area contributed by atoms with Crippen LogP contribution in [0.5, 0.6) is 0 Å². The molecule has 2 bridgehead atoms. The topological polar surface area (TPSA) is 21.6 Å². The predicted molar refractivity (Wildman–Crippen MR) is 42.3 cm³/mol. The zero-order chi connectivity index (χ0) is 7.42. The molecule has 0 amide bonds. The number of oxime groups is 1. The van der Waals surface area contributed by atoms with Gasteiger partial charge < -0.3 is 4.84 Å². The molecular formula is C9H13NO. The number of fused-ring (bicyclic) bond motifs is 5. The summed E-state index contributed by atoms with van der Waals surface area (Å²) in [7, 11) is 0. The van der Waals surface area contributed by atoms with E-state index in [1.165, 1.54) is 25.0 Å². The van der Waals surface area contributed by atoms with Crippen LogP contribution in [-0.4, -0.2) is 11.8 Å². The normalized spacial score (nSPS) is 52.3. The van der Waals surface area contributed by atoms with Crippen molar-refractivity contribution in [3.05, 3.63) is 0 Å². The maximum Gasteiger partial charge on any atom is 0.138 e. The summed E-state index contributed by atoms with van der Waals surface area (Å²) in [5.41, 5.74) is 1.25. The van der Waals surface area contributed by atoms with Gasteiger partial charge in [-0.25, -0.2) is 0 Å². The third-order valence-electron chi connectivity index (χ3n) is 3.64. The van der Waals surface area contributed by atoms with E-state index >= 15 is 0 Å². The van der Waals surface area contributed by atoms with Crippen molar-refractivity contribution in [2.45, 2.75) is 32.3 Å². The first-order valence-corrected chi connectivity index (χ1v) is 4.56. The van der Waals surface area contributed by atoms with Crippen LogP contribution in [-0.2, 0) is 4.84 Å². The number of rotatable bonds is 0. The van der Waals surface area contributed by atoms with E-state index in [9.17, 15) is 0 Å². The molecule has 0 aromatic heterocycles. The number of hydrogen-bond donors (Lipinski definition) is 0. The van der Waals surface area contributed by atoms with Crippen molar-refractivity contribution in [2.75, 3.05) is 0 Å². The molecule has 0 saturated heterocycles. The van der Waals surface area contributed by atoms with Crippen LogP contribution in [0.3, 0.4) is 0 Å². The van der Waals surface area contributed by atoms with E-state index in [-0.39, 0.29) is 0 Å². The van der Waals surface area contributed by atoms with Gasteiger partial charge in [0.2, 0.25) is 0 Å². The molecule has 0 aromatic rings. The summed E-state index contributed by atoms with van der Waals surface area (Å²) < 4.78 is 0. The second-order valence-electron chi connectivity index (χ2n) is 4.16. The highest BCUT2D eigenvalue weighted by Gasteiger charge is 2.52. The Morgan fingerprint density at radius 3 is 3.00 bits per heavy atom. The first-order valence-electron chi connectivity index (χ1n) is 4.56. The molecule has 2 nitrogen and oxygen atoms in total. The number of nitrogens with zero attached hydrogens (tertiary/aromatic N) is 1. The van der Waals surface area contributed by atoms with Crippen LogP contribution in [0.4, 0.5) is 0 Å². The summed E-state index contributed by atoms with van der Waals surface area (Å²) in [6, 6.07) is 0. The van der Waals surface area contributed by atoms with Gasteiger partial charge in [0.05, 0.1) is 5.71 Å². The van der Waals surface area contributed by atoms with Gasteiger partial charge in [-0.1, -0.05) is 5.16 Å². The average Bonchev–Trinajstić information content (AvgIpc) is 2.60. The second kappa shape index (κ2) is 1.79. The van der Waals surface area contributed by atoms with Crippen LogP contribution in [0.25, 0.3) is 0 Å². The Morgan fingerprint density at radius 2 is 2.18 bits per heavy atom. The van der Waals surface area contributed by atoms with Crippen LogP contribution < -0.4 is 0 Å². The zero-order valence-electron chi connectivity index (χ0n) is 6.79. The lowest BCUT2D eigenvalue weighted by atomic mass is 9.84. The van der Waals surface area contributed by atoms with Gasteiger partial charge in [-0.3, -0.25) is 0 Å². The molecule has 2 unspecified atom stereocenters. The van der Waals surface area contributed by atoms with Crippen LogP contribution in [0, 0.1) is 17.8 Å². The van der Waals surface area contributed by atoms with Gasteiger partial charge in [0.25, 0.3) is 0 Å². The lowest BCUT2D eigenvalue weighted by Crippen LogP contribution is -2.28. The highest BCUT2D eigenvalue weighted by Crippen LogP contribution is 2.52. The predicted octanol–water partition coefficient (Wildman–Crippen LogP) is 1.81. The lowest BCUT2D eigenvalue weighted by molar-refractivity contribution is 0.0275. The van der Waals surface area contributed by atoms with E-state index in [1.807, 2.05) is 0 Å². The Morgan fingerprint density at radius 1 is 1.36 bits per heavy atom. The highest BCUT2D eigenvalue weighted by atomic mass is 16.6. The monoisotopic (exact) mass is 151 g/mol. The minimum atomic E-state index is 0.480. The number of hydrogen-bond acceptors (Lipinski definition) is 2. The van der Waals surface area contributed by atoms with Gasteiger partial charge in [0, 0.05) is 5.92 Å². The fraction of sp³-hybridized carbons (Fsp3) is 0.889. The third-order valence-corrected chi connectivity index (χ3v) is 3.64. The van der Waals surface area contributed by atoms with Crippen molar-refractivity contribution in [2.24, 2.45) is 22.9 Å². The average molecular weight is 151 g/mol. The Labute approximate surface area is 66.6 Å². The molecule has 2 heteroatoms. The van der Waals surface area contributed by atoms with Gasteiger partial charge >= 0.3 is 0 Å². The van der Waals surface area contributed by atoms with Gasteiger partial charge in [-0.05, 0) is 38.0 Å². The molecule has 4 atom stereocenters. The van der Waals surface area contributed by atoms with Gasteiger partial charge in [-0.2, -0.15) is 0 Å². The summed E-state index contributed by atoms with van der Waals surface area (Å²) in [6.07, 6.45) is 4.69. The third kappa shape index (κ3) is 0.608. The van der Waals surface area contributed by atoms with Crippen LogP contribution in [0.15, 0.2) is 5.16 Å². The van der Waals surface area contributed by atoms with Crippen molar-refractivity contribution in [3.63, 3.8) is 0 Å². The highest BCUT2D eigenvalue weighted by molar-refractivity contribution is 5.86. The maximum absolute atomic E-state index is 5.41. The molecule has 1 heterocycles. The molecule has 0 radical (unpaired) electrons. The SMILES string of the molecule is CC1=NOC2C1[C@H]1CC[C@@H]2C1.